The molecule has 0 aromatic heterocycles. The lowest BCUT2D eigenvalue weighted by atomic mass is 9.81. The van der Waals surface area contributed by atoms with Crippen molar-refractivity contribution < 1.29 is 9.59 Å². The van der Waals surface area contributed by atoms with E-state index < -0.39 is 0 Å². The first-order chi connectivity index (χ1) is 12.6. The third-order valence-corrected chi connectivity index (χ3v) is 6.39. The predicted molar refractivity (Wildman–Crippen MR) is 100 cm³/mol. The number of carbonyl (C=O) groups excluding carboxylic acids is 2. The lowest BCUT2D eigenvalue weighted by Crippen LogP contribution is -2.51. The molecule has 140 valence electrons. The minimum absolute atomic E-state index is 0.0291. The number of aryl methyl sites for hydroxylation is 1. The summed E-state index contributed by atoms with van der Waals surface area (Å²) < 4.78 is 0. The zero-order valence-corrected chi connectivity index (χ0v) is 15.7. The second-order valence-electron chi connectivity index (χ2n) is 8.06. The van der Waals surface area contributed by atoms with Crippen molar-refractivity contribution in [3.05, 3.63) is 35.4 Å². The smallest absolute Gasteiger partial charge is 0.234 e. The first-order valence-corrected chi connectivity index (χ1v) is 9.98. The van der Waals surface area contributed by atoms with E-state index in [4.69, 9.17) is 0 Å². The number of carbonyl (C=O) groups is 2. The number of hydrogen-bond acceptors (Lipinski definition) is 4. The summed E-state index contributed by atoms with van der Waals surface area (Å²) in [5.74, 6) is 0.112. The molecule has 2 amide bonds. The molecule has 1 aromatic carbocycles. The van der Waals surface area contributed by atoms with Crippen LogP contribution in [-0.4, -0.2) is 59.4 Å². The zero-order chi connectivity index (χ0) is 18.1. The summed E-state index contributed by atoms with van der Waals surface area (Å²) in [6.07, 6.45) is 3.98. The van der Waals surface area contributed by atoms with Crippen molar-refractivity contribution in [2.75, 3.05) is 32.8 Å². The van der Waals surface area contributed by atoms with Crippen LogP contribution in [0.1, 0.15) is 36.8 Å². The van der Waals surface area contributed by atoms with Crippen LogP contribution >= 0.6 is 0 Å². The van der Waals surface area contributed by atoms with Gasteiger partial charge in [-0.25, -0.2) is 0 Å². The average molecular weight is 355 g/mol. The number of amides is 2. The van der Waals surface area contributed by atoms with Crippen LogP contribution in [0.25, 0.3) is 0 Å². The van der Waals surface area contributed by atoms with Crippen molar-refractivity contribution in [1.82, 2.24) is 14.7 Å². The molecule has 3 fully saturated rings. The molecule has 1 aromatic rings. The Bertz CT molecular complexity index is 658. The van der Waals surface area contributed by atoms with Gasteiger partial charge in [-0.2, -0.15) is 0 Å². The van der Waals surface area contributed by atoms with E-state index in [9.17, 15) is 9.59 Å². The van der Waals surface area contributed by atoms with E-state index in [0.29, 0.717) is 6.67 Å². The number of nitrogens with zero attached hydrogens (tertiary/aromatic N) is 3. The maximum absolute atomic E-state index is 12.6. The van der Waals surface area contributed by atoms with E-state index in [0.717, 1.165) is 58.4 Å². The quantitative estimate of drug-likeness (QED) is 0.777. The number of rotatable bonds is 4. The molecular weight excluding hydrogens is 326 g/mol. The second kappa shape index (κ2) is 7.49. The van der Waals surface area contributed by atoms with Gasteiger partial charge in [0.2, 0.25) is 11.8 Å². The third-order valence-electron chi connectivity index (χ3n) is 6.39. The molecule has 0 unspecified atom stereocenters. The van der Waals surface area contributed by atoms with Gasteiger partial charge in [0, 0.05) is 32.7 Å². The van der Waals surface area contributed by atoms with Crippen molar-refractivity contribution in [2.45, 2.75) is 39.2 Å². The molecule has 3 aliphatic rings. The maximum Gasteiger partial charge on any atom is 0.234 e. The van der Waals surface area contributed by atoms with Crippen LogP contribution in [0.4, 0.5) is 0 Å². The highest BCUT2D eigenvalue weighted by Gasteiger charge is 2.48. The van der Waals surface area contributed by atoms with Crippen LogP contribution in [0.15, 0.2) is 24.3 Å². The minimum atomic E-state index is -0.0291. The van der Waals surface area contributed by atoms with Gasteiger partial charge in [-0.3, -0.25) is 24.3 Å². The predicted octanol–water partition coefficient (Wildman–Crippen LogP) is 2.25. The molecule has 5 heteroatoms. The van der Waals surface area contributed by atoms with Crippen LogP contribution in [-0.2, 0) is 16.1 Å². The van der Waals surface area contributed by atoms with Crippen molar-refractivity contribution in [3.8, 4) is 0 Å². The Labute approximate surface area is 155 Å². The molecule has 0 N–H and O–H groups in total. The van der Waals surface area contributed by atoms with Gasteiger partial charge in [0.25, 0.3) is 0 Å². The Hall–Kier alpha value is -1.72. The lowest BCUT2D eigenvalue weighted by molar-refractivity contribution is -0.142. The summed E-state index contributed by atoms with van der Waals surface area (Å²) in [6.45, 7) is 7.43. The summed E-state index contributed by atoms with van der Waals surface area (Å²) in [5, 5.41) is 0. The molecule has 5 nitrogen and oxygen atoms in total. The highest BCUT2D eigenvalue weighted by Crippen LogP contribution is 2.38. The molecule has 0 bridgehead atoms. The van der Waals surface area contributed by atoms with Gasteiger partial charge < -0.3 is 0 Å². The minimum Gasteiger partial charge on any atom is -0.297 e. The van der Waals surface area contributed by atoms with Crippen LogP contribution in [0.3, 0.4) is 0 Å². The standard InChI is InChI=1S/C21H29N3O2/c1-16-6-2-3-7-17(16)14-22-10-12-23(13-11-22)15-24-20(25)18-8-4-5-9-19(18)21(24)26/h2-3,6-7,18-19H,4-5,8-15H2,1H3/t18-,19+. The molecular formula is C21H29N3O2. The highest BCUT2D eigenvalue weighted by atomic mass is 16.2. The average Bonchev–Trinajstić information content (AvgIpc) is 2.90. The van der Waals surface area contributed by atoms with Gasteiger partial charge in [0.1, 0.15) is 0 Å². The van der Waals surface area contributed by atoms with Crippen LogP contribution in [0, 0.1) is 18.8 Å². The lowest BCUT2D eigenvalue weighted by Gasteiger charge is -2.36. The largest absolute Gasteiger partial charge is 0.297 e. The van der Waals surface area contributed by atoms with Crippen LogP contribution in [0.2, 0.25) is 0 Å². The summed E-state index contributed by atoms with van der Waals surface area (Å²) >= 11 is 0. The molecule has 2 atom stereocenters. The van der Waals surface area contributed by atoms with Gasteiger partial charge in [0.05, 0.1) is 18.5 Å². The normalized spacial score (nSPS) is 27.8. The number of piperazine rings is 1. The number of imide groups is 1. The van der Waals surface area contributed by atoms with Gasteiger partial charge in [0.15, 0.2) is 0 Å². The number of hydrogen-bond donors (Lipinski definition) is 0. The molecule has 2 heterocycles. The molecule has 26 heavy (non-hydrogen) atoms. The van der Waals surface area contributed by atoms with Crippen molar-refractivity contribution in [3.63, 3.8) is 0 Å². The SMILES string of the molecule is Cc1ccccc1CN1CCN(CN2C(=O)[C@H]3CCCC[C@H]3C2=O)CC1. The Kier molecular flexibility index (Phi) is 5.09. The first kappa shape index (κ1) is 17.7. The molecule has 2 saturated heterocycles. The van der Waals surface area contributed by atoms with Gasteiger partial charge in [-0.15, -0.1) is 0 Å². The fraction of sp³-hybridized carbons (Fsp3) is 0.619. The van der Waals surface area contributed by atoms with E-state index in [1.165, 1.54) is 11.1 Å². The highest BCUT2D eigenvalue weighted by molar-refractivity contribution is 6.05. The molecule has 1 aliphatic carbocycles. The zero-order valence-electron chi connectivity index (χ0n) is 15.7. The molecule has 4 rings (SSSR count). The van der Waals surface area contributed by atoms with Gasteiger partial charge in [-0.1, -0.05) is 37.1 Å². The van der Waals surface area contributed by atoms with Crippen LogP contribution < -0.4 is 0 Å². The summed E-state index contributed by atoms with van der Waals surface area (Å²) in [4.78, 5) is 31.6. The van der Waals surface area contributed by atoms with Crippen molar-refractivity contribution >= 4 is 11.8 Å². The van der Waals surface area contributed by atoms with E-state index in [-0.39, 0.29) is 23.7 Å². The van der Waals surface area contributed by atoms with Crippen molar-refractivity contribution in [2.24, 2.45) is 11.8 Å². The van der Waals surface area contributed by atoms with E-state index in [2.05, 4.69) is 41.0 Å². The van der Waals surface area contributed by atoms with Crippen LogP contribution in [0.5, 0.6) is 0 Å². The number of benzene rings is 1. The fourth-order valence-corrected chi connectivity index (χ4v) is 4.69. The maximum atomic E-state index is 12.6. The Balaban J connectivity index is 1.31. The van der Waals surface area contributed by atoms with E-state index >= 15 is 0 Å². The molecule has 2 aliphatic heterocycles. The number of likely N-dealkylation sites (tertiary alicyclic amines) is 1. The monoisotopic (exact) mass is 355 g/mol. The van der Waals surface area contributed by atoms with E-state index in [1.807, 2.05) is 0 Å². The Morgan fingerprint density at radius 3 is 2.08 bits per heavy atom. The van der Waals surface area contributed by atoms with Gasteiger partial charge in [-0.05, 0) is 30.9 Å². The fourth-order valence-electron chi connectivity index (χ4n) is 4.69. The summed E-state index contributed by atoms with van der Waals surface area (Å²) in [7, 11) is 0. The second-order valence-corrected chi connectivity index (χ2v) is 8.06. The molecule has 0 spiro atoms. The summed E-state index contributed by atoms with van der Waals surface area (Å²) in [6, 6.07) is 8.54. The topological polar surface area (TPSA) is 43.9 Å². The first-order valence-electron chi connectivity index (χ1n) is 9.98. The van der Waals surface area contributed by atoms with E-state index in [1.54, 1.807) is 4.90 Å². The summed E-state index contributed by atoms with van der Waals surface area (Å²) in [5.41, 5.74) is 2.72. The van der Waals surface area contributed by atoms with Gasteiger partial charge >= 0.3 is 0 Å². The Morgan fingerprint density at radius 1 is 0.885 bits per heavy atom. The molecule has 1 saturated carbocycles. The number of fused-ring (bicyclic) bond motifs is 1. The van der Waals surface area contributed by atoms with Crippen molar-refractivity contribution in [1.29, 1.82) is 0 Å². The molecule has 0 radical (unpaired) electrons. The third kappa shape index (κ3) is 3.42. The Morgan fingerprint density at radius 2 is 1.46 bits per heavy atom.